The van der Waals surface area contributed by atoms with Gasteiger partial charge in [0.15, 0.2) is 13.1 Å². The first-order valence-corrected chi connectivity index (χ1v) is 8.18. The molecule has 1 unspecified atom stereocenters. The minimum Gasteiger partial charge on any atom is -0.495 e. The fraction of sp³-hybridized carbons (Fsp3) is 0.529. The number of nitrogens with zero attached hydrogens (tertiary/aromatic N) is 1. The molecule has 2 N–H and O–H groups in total. The predicted molar refractivity (Wildman–Crippen MR) is 88.7 cm³/mol. The minimum absolute atomic E-state index is 0.111. The van der Waals surface area contributed by atoms with E-state index in [4.69, 9.17) is 4.74 Å². The lowest BCUT2D eigenvalue weighted by Crippen LogP contribution is -3.13. The lowest BCUT2D eigenvalue weighted by molar-refractivity contribution is -0.882. The van der Waals surface area contributed by atoms with E-state index in [0.717, 1.165) is 37.4 Å². The van der Waals surface area contributed by atoms with E-state index in [1.54, 1.807) is 19.2 Å². The first-order valence-electron chi connectivity index (χ1n) is 8.18. The Kier molecular flexibility index (Phi) is 6.40. The van der Waals surface area contributed by atoms with Gasteiger partial charge < -0.3 is 19.9 Å². The Hall–Kier alpha value is -2.08. The van der Waals surface area contributed by atoms with Crippen LogP contribution in [0.4, 0.5) is 5.69 Å². The zero-order valence-corrected chi connectivity index (χ0v) is 13.9. The quantitative estimate of drug-likeness (QED) is 0.752. The molecule has 1 aliphatic heterocycles. The van der Waals surface area contributed by atoms with Crippen molar-refractivity contribution in [3.63, 3.8) is 0 Å². The Morgan fingerprint density at radius 2 is 1.91 bits per heavy atom. The van der Waals surface area contributed by atoms with Gasteiger partial charge in [0.1, 0.15) is 5.75 Å². The molecule has 0 aromatic heterocycles. The smallest absolute Gasteiger partial charge is 0.279 e. The number of ether oxygens (including phenoxy) is 1. The van der Waals surface area contributed by atoms with Gasteiger partial charge in [-0.15, -0.1) is 0 Å². The van der Waals surface area contributed by atoms with Gasteiger partial charge in [-0.25, -0.2) is 0 Å². The van der Waals surface area contributed by atoms with Crippen molar-refractivity contribution in [3.8, 4) is 5.75 Å². The Bertz CT molecular complexity index is 542. The summed E-state index contributed by atoms with van der Waals surface area (Å²) in [4.78, 5) is 27.3. The number of likely N-dealkylation sites (N-methyl/N-ethyl adjacent to an activating group) is 1. The zero-order valence-electron chi connectivity index (χ0n) is 13.9. The number of quaternary nitrogens is 1. The number of likely N-dealkylation sites (tertiary alicyclic amines) is 1. The molecule has 0 bridgehead atoms. The summed E-state index contributed by atoms with van der Waals surface area (Å²) >= 11 is 0. The molecular formula is C17H26N3O3+. The molecule has 2 amide bonds. The summed E-state index contributed by atoms with van der Waals surface area (Å²) in [6, 6.07) is 7.31. The van der Waals surface area contributed by atoms with Crippen LogP contribution in [0.25, 0.3) is 0 Å². The van der Waals surface area contributed by atoms with Crippen LogP contribution >= 0.6 is 0 Å². The topological polar surface area (TPSA) is 63.1 Å². The molecule has 1 saturated heterocycles. The van der Waals surface area contributed by atoms with E-state index in [0.29, 0.717) is 18.0 Å². The van der Waals surface area contributed by atoms with Gasteiger partial charge in [0, 0.05) is 13.1 Å². The first-order chi connectivity index (χ1) is 11.1. The maximum absolute atomic E-state index is 12.2. The molecule has 0 aliphatic carbocycles. The average molecular weight is 320 g/mol. The van der Waals surface area contributed by atoms with Gasteiger partial charge in [-0.3, -0.25) is 9.59 Å². The fourth-order valence-electron chi connectivity index (χ4n) is 2.77. The third kappa shape index (κ3) is 4.96. The normalized spacial score (nSPS) is 15.3. The van der Waals surface area contributed by atoms with Crippen molar-refractivity contribution in [3.05, 3.63) is 24.3 Å². The third-order valence-electron chi connectivity index (χ3n) is 4.15. The van der Waals surface area contributed by atoms with Gasteiger partial charge in [0.2, 0.25) is 0 Å². The Labute approximate surface area is 137 Å². The van der Waals surface area contributed by atoms with Gasteiger partial charge in [0.05, 0.1) is 19.3 Å². The van der Waals surface area contributed by atoms with E-state index in [9.17, 15) is 9.59 Å². The maximum atomic E-state index is 12.2. The number of rotatable bonds is 7. The van der Waals surface area contributed by atoms with E-state index in [1.807, 2.05) is 24.0 Å². The number of anilines is 1. The van der Waals surface area contributed by atoms with Crippen LogP contribution in [0, 0.1) is 0 Å². The van der Waals surface area contributed by atoms with E-state index >= 15 is 0 Å². The highest BCUT2D eigenvalue weighted by Crippen LogP contribution is 2.22. The first kappa shape index (κ1) is 17.3. The third-order valence-corrected chi connectivity index (χ3v) is 4.15. The fourth-order valence-corrected chi connectivity index (χ4v) is 2.77. The number of methoxy groups -OCH3 is 1. The molecule has 1 atom stereocenters. The van der Waals surface area contributed by atoms with Crippen molar-refractivity contribution < 1.29 is 19.2 Å². The van der Waals surface area contributed by atoms with Crippen molar-refractivity contribution >= 4 is 17.5 Å². The largest absolute Gasteiger partial charge is 0.495 e. The standard InChI is InChI=1S/C17H25N3O3/c1-3-19(13-17(22)20-10-6-7-11-20)12-16(21)18-14-8-4-5-9-15(14)23-2/h4-5,8-9H,3,6-7,10-13H2,1-2H3,(H,18,21)/p+1. The van der Waals surface area contributed by atoms with Gasteiger partial charge in [0.25, 0.3) is 11.8 Å². The molecule has 1 aromatic carbocycles. The molecule has 0 spiro atoms. The predicted octanol–water partition coefficient (Wildman–Crippen LogP) is 0.161. The van der Waals surface area contributed by atoms with Crippen LogP contribution in [0.1, 0.15) is 19.8 Å². The number of carbonyl (C=O) groups excluding carboxylic acids is 2. The second-order valence-electron chi connectivity index (χ2n) is 5.79. The lowest BCUT2D eigenvalue weighted by Gasteiger charge is -2.21. The highest BCUT2D eigenvalue weighted by molar-refractivity contribution is 5.93. The molecule has 126 valence electrons. The van der Waals surface area contributed by atoms with E-state index in [-0.39, 0.29) is 18.4 Å². The number of benzene rings is 1. The van der Waals surface area contributed by atoms with Gasteiger partial charge in [-0.2, -0.15) is 0 Å². The Balaban J connectivity index is 1.87. The van der Waals surface area contributed by atoms with Crippen LogP contribution in [-0.4, -0.2) is 56.5 Å². The number of para-hydroxylation sites is 2. The number of hydrogen-bond donors (Lipinski definition) is 2. The summed E-state index contributed by atoms with van der Waals surface area (Å²) in [6.45, 7) is 5.07. The molecule has 1 fully saturated rings. The van der Waals surface area contributed by atoms with Gasteiger partial charge >= 0.3 is 0 Å². The molecule has 6 nitrogen and oxygen atoms in total. The summed E-state index contributed by atoms with van der Waals surface area (Å²) in [5, 5.41) is 2.86. The highest BCUT2D eigenvalue weighted by atomic mass is 16.5. The summed E-state index contributed by atoms with van der Waals surface area (Å²) < 4.78 is 5.23. The van der Waals surface area contributed by atoms with Crippen molar-refractivity contribution in [2.24, 2.45) is 0 Å². The summed E-state index contributed by atoms with van der Waals surface area (Å²) in [7, 11) is 1.57. The van der Waals surface area contributed by atoms with Crippen LogP contribution < -0.4 is 15.0 Å². The molecule has 1 aliphatic rings. The van der Waals surface area contributed by atoms with Crippen molar-refractivity contribution in [2.75, 3.05) is 45.2 Å². The van der Waals surface area contributed by atoms with Crippen LogP contribution in [0.5, 0.6) is 5.75 Å². The van der Waals surface area contributed by atoms with E-state index in [1.165, 1.54) is 0 Å². The van der Waals surface area contributed by atoms with E-state index < -0.39 is 0 Å². The number of amides is 2. The Morgan fingerprint density at radius 3 is 2.57 bits per heavy atom. The SMILES string of the molecule is CC[NH+](CC(=O)Nc1ccccc1OC)CC(=O)N1CCCC1. The molecule has 6 heteroatoms. The monoisotopic (exact) mass is 320 g/mol. The zero-order chi connectivity index (χ0) is 16.7. The van der Waals surface area contributed by atoms with Gasteiger partial charge in [-0.05, 0) is 31.9 Å². The lowest BCUT2D eigenvalue weighted by atomic mass is 10.3. The number of hydrogen-bond acceptors (Lipinski definition) is 3. The van der Waals surface area contributed by atoms with Crippen molar-refractivity contribution in [2.45, 2.75) is 19.8 Å². The van der Waals surface area contributed by atoms with Crippen molar-refractivity contribution in [1.82, 2.24) is 4.90 Å². The average Bonchev–Trinajstić information content (AvgIpc) is 3.09. The summed E-state index contributed by atoms with van der Waals surface area (Å²) in [5.74, 6) is 0.664. The summed E-state index contributed by atoms with van der Waals surface area (Å²) in [5.41, 5.74) is 0.654. The Morgan fingerprint density at radius 1 is 1.22 bits per heavy atom. The van der Waals surface area contributed by atoms with Crippen LogP contribution in [-0.2, 0) is 9.59 Å². The van der Waals surface area contributed by atoms with E-state index in [2.05, 4.69) is 5.32 Å². The molecule has 1 heterocycles. The van der Waals surface area contributed by atoms with Crippen LogP contribution in [0.2, 0.25) is 0 Å². The minimum atomic E-state index is -0.111. The molecule has 2 rings (SSSR count). The molecule has 1 aromatic rings. The summed E-state index contributed by atoms with van der Waals surface area (Å²) in [6.07, 6.45) is 2.17. The second-order valence-corrected chi connectivity index (χ2v) is 5.79. The van der Waals surface area contributed by atoms with Crippen LogP contribution in [0.3, 0.4) is 0 Å². The molecule has 0 saturated carbocycles. The molecular weight excluding hydrogens is 294 g/mol. The highest BCUT2D eigenvalue weighted by Gasteiger charge is 2.23. The second kappa shape index (κ2) is 8.53. The number of nitrogens with one attached hydrogen (secondary N) is 2. The molecule has 23 heavy (non-hydrogen) atoms. The van der Waals surface area contributed by atoms with Gasteiger partial charge in [-0.1, -0.05) is 12.1 Å². The number of carbonyl (C=O) groups is 2. The molecule has 0 radical (unpaired) electrons. The van der Waals surface area contributed by atoms with Crippen LogP contribution in [0.15, 0.2) is 24.3 Å². The maximum Gasteiger partial charge on any atom is 0.279 e. The van der Waals surface area contributed by atoms with Crippen molar-refractivity contribution in [1.29, 1.82) is 0 Å².